The van der Waals surface area contributed by atoms with Crippen LogP contribution in [0.4, 0.5) is 15.3 Å². The SMILES string of the molecule is C[C@@H]([C@@H](O)C1C=CC=CC1)N(C)C(=O)OCCSSCCOC(=O)NC1=NCC2c3ccccc3Cc3ccccc3N12. The number of likely N-dealkylation sites (N-methyl/N-ethyl adjacent to an activating group) is 1. The van der Waals surface area contributed by atoms with Crippen LogP contribution in [0, 0.1) is 5.92 Å². The summed E-state index contributed by atoms with van der Waals surface area (Å²) in [5.41, 5.74) is 4.73. The zero-order chi connectivity index (χ0) is 30.2. The Kier molecular flexibility index (Phi) is 10.7. The highest BCUT2D eigenvalue weighted by molar-refractivity contribution is 8.76. The number of guanidine groups is 1. The molecule has 2 amide bonds. The quantitative estimate of drug-likeness (QED) is 0.262. The van der Waals surface area contributed by atoms with E-state index in [-0.39, 0.29) is 31.2 Å². The van der Waals surface area contributed by atoms with Gasteiger partial charge in [0.25, 0.3) is 0 Å². The topological polar surface area (TPSA) is 104 Å². The van der Waals surface area contributed by atoms with Crippen molar-refractivity contribution in [3.05, 3.63) is 89.5 Å². The number of rotatable bonds is 10. The molecule has 11 heteroatoms. The lowest BCUT2D eigenvalue weighted by Gasteiger charge is -2.32. The minimum Gasteiger partial charge on any atom is -0.449 e. The lowest BCUT2D eigenvalue weighted by molar-refractivity contribution is 0.0338. The van der Waals surface area contributed by atoms with Crippen molar-refractivity contribution in [2.24, 2.45) is 10.9 Å². The van der Waals surface area contributed by atoms with Gasteiger partial charge in [-0.15, -0.1) is 0 Å². The van der Waals surface area contributed by atoms with E-state index in [1.165, 1.54) is 21.6 Å². The van der Waals surface area contributed by atoms with E-state index in [2.05, 4.69) is 45.5 Å². The number of nitrogens with zero attached hydrogens (tertiary/aromatic N) is 3. The van der Waals surface area contributed by atoms with Gasteiger partial charge < -0.3 is 24.4 Å². The van der Waals surface area contributed by atoms with E-state index in [9.17, 15) is 14.7 Å². The standard InChI is InChI=1S/C32H38N4O5S2/c1-22(29(37)23-10-4-3-5-11-23)35(2)32(39)41-17-19-43-42-18-16-40-31(38)34-30-33-21-28-26-14-8-6-12-24(26)20-25-13-7-9-15-27(25)36(28)30/h3-10,12-15,22-23,28-29,37H,11,16-21H2,1-2H3,(H,33,34,38)/t22-,23?,28?,29+/m0/s1. The normalized spacial score (nSPS) is 19.7. The second-order valence-electron chi connectivity index (χ2n) is 10.6. The van der Waals surface area contributed by atoms with Gasteiger partial charge in [0, 0.05) is 30.2 Å². The number of anilines is 1. The van der Waals surface area contributed by atoms with Crippen LogP contribution in [0.3, 0.4) is 0 Å². The molecule has 1 aliphatic carbocycles. The summed E-state index contributed by atoms with van der Waals surface area (Å²) < 4.78 is 10.8. The molecule has 2 N–H and O–H groups in total. The number of aliphatic imine (C=N–C) groups is 1. The molecule has 2 aromatic rings. The Hall–Kier alpha value is -3.41. The predicted molar refractivity (Wildman–Crippen MR) is 174 cm³/mol. The monoisotopic (exact) mass is 622 g/mol. The molecular formula is C32H38N4O5S2. The van der Waals surface area contributed by atoms with Gasteiger partial charge in [0.15, 0.2) is 0 Å². The van der Waals surface area contributed by atoms with Crippen LogP contribution in [0.25, 0.3) is 0 Å². The molecular weight excluding hydrogens is 585 g/mol. The van der Waals surface area contributed by atoms with E-state index < -0.39 is 18.3 Å². The van der Waals surface area contributed by atoms with E-state index in [0.717, 1.165) is 18.5 Å². The maximum absolute atomic E-state index is 12.7. The van der Waals surface area contributed by atoms with E-state index in [4.69, 9.17) is 9.47 Å². The van der Waals surface area contributed by atoms with E-state index in [1.54, 1.807) is 28.6 Å². The summed E-state index contributed by atoms with van der Waals surface area (Å²) >= 11 is 0. The van der Waals surface area contributed by atoms with Crippen molar-refractivity contribution >= 4 is 45.4 Å². The first-order valence-electron chi connectivity index (χ1n) is 14.5. The minimum atomic E-state index is -0.667. The Labute approximate surface area is 260 Å². The summed E-state index contributed by atoms with van der Waals surface area (Å²) in [6, 6.07) is 16.3. The third-order valence-electron chi connectivity index (χ3n) is 7.93. The highest BCUT2D eigenvalue weighted by atomic mass is 33.1. The van der Waals surface area contributed by atoms with Crippen LogP contribution < -0.4 is 10.2 Å². The average molecular weight is 623 g/mol. The first kappa shape index (κ1) is 31.0. The Morgan fingerprint density at radius 3 is 2.56 bits per heavy atom. The van der Waals surface area contributed by atoms with Gasteiger partial charge in [0.2, 0.25) is 5.96 Å². The van der Waals surface area contributed by atoms with Gasteiger partial charge in [-0.05, 0) is 42.5 Å². The van der Waals surface area contributed by atoms with Gasteiger partial charge in [-0.3, -0.25) is 5.32 Å². The molecule has 0 saturated carbocycles. The number of nitrogens with one attached hydrogen (secondary N) is 1. The molecule has 0 aromatic heterocycles. The fraction of sp³-hybridized carbons (Fsp3) is 0.406. The largest absolute Gasteiger partial charge is 0.449 e. The number of para-hydroxylation sites is 1. The Morgan fingerprint density at radius 2 is 1.79 bits per heavy atom. The number of aliphatic hydroxyl groups is 1. The molecule has 2 aliphatic heterocycles. The number of hydrogen-bond donors (Lipinski definition) is 2. The Morgan fingerprint density at radius 1 is 1.07 bits per heavy atom. The average Bonchev–Trinajstić information content (AvgIpc) is 3.38. The molecule has 0 spiro atoms. The molecule has 9 nitrogen and oxygen atoms in total. The molecule has 3 aliphatic rings. The van der Waals surface area contributed by atoms with Crippen molar-refractivity contribution in [3.63, 3.8) is 0 Å². The molecule has 0 radical (unpaired) electrons. The summed E-state index contributed by atoms with van der Waals surface area (Å²) in [7, 11) is 4.73. The molecule has 0 saturated heterocycles. The Bertz CT molecular complexity index is 1380. The number of allylic oxidation sites excluding steroid dienone is 3. The van der Waals surface area contributed by atoms with Crippen molar-refractivity contribution in [1.82, 2.24) is 10.2 Å². The number of aliphatic hydroxyl groups excluding tert-OH is 1. The second kappa shape index (κ2) is 14.9. The number of hydrogen-bond acceptors (Lipinski definition) is 9. The third-order valence-corrected chi connectivity index (χ3v) is 10.3. The lowest BCUT2D eigenvalue weighted by Crippen LogP contribution is -2.45. The number of fused-ring (bicyclic) bond motifs is 5. The number of ether oxygens (including phenoxy) is 2. The number of carbonyl (C=O) groups excluding carboxylic acids is 2. The minimum absolute atomic E-state index is 0.0156. The van der Waals surface area contributed by atoms with Gasteiger partial charge >= 0.3 is 12.2 Å². The number of amides is 2. The second-order valence-corrected chi connectivity index (χ2v) is 13.3. The van der Waals surface area contributed by atoms with Crippen LogP contribution in [0.5, 0.6) is 0 Å². The zero-order valence-corrected chi connectivity index (χ0v) is 26.1. The van der Waals surface area contributed by atoms with Crippen LogP contribution in [-0.4, -0.2) is 78.6 Å². The van der Waals surface area contributed by atoms with E-state index >= 15 is 0 Å². The van der Waals surface area contributed by atoms with Gasteiger partial charge in [-0.1, -0.05) is 88.4 Å². The van der Waals surface area contributed by atoms with Crippen LogP contribution in [-0.2, 0) is 15.9 Å². The molecule has 228 valence electrons. The van der Waals surface area contributed by atoms with Crippen molar-refractivity contribution < 1.29 is 24.2 Å². The van der Waals surface area contributed by atoms with Crippen LogP contribution in [0.1, 0.15) is 36.1 Å². The molecule has 4 atom stereocenters. The smallest absolute Gasteiger partial charge is 0.413 e. The molecule has 43 heavy (non-hydrogen) atoms. The number of alkyl carbamates (subject to hydrolysis) is 1. The van der Waals surface area contributed by atoms with Gasteiger partial charge in [0.05, 0.1) is 24.7 Å². The summed E-state index contributed by atoms with van der Waals surface area (Å²) in [6.07, 6.45) is 7.78. The summed E-state index contributed by atoms with van der Waals surface area (Å²) in [5.74, 6) is 1.67. The molecule has 2 heterocycles. The van der Waals surface area contributed by atoms with E-state index in [1.807, 2.05) is 49.4 Å². The van der Waals surface area contributed by atoms with Gasteiger partial charge in [-0.25, -0.2) is 14.6 Å². The summed E-state index contributed by atoms with van der Waals surface area (Å²) in [4.78, 5) is 33.3. The number of benzene rings is 2. The van der Waals surface area contributed by atoms with Gasteiger partial charge in [0.1, 0.15) is 13.2 Å². The molecule has 0 bridgehead atoms. The number of carbonyl (C=O) groups is 2. The Balaban J connectivity index is 0.992. The molecule has 2 aromatic carbocycles. The fourth-order valence-electron chi connectivity index (χ4n) is 5.50. The van der Waals surface area contributed by atoms with Crippen molar-refractivity contribution in [3.8, 4) is 0 Å². The predicted octanol–water partition coefficient (Wildman–Crippen LogP) is 5.57. The van der Waals surface area contributed by atoms with Crippen molar-refractivity contribution in [1.29, 1.82) is 0 Å². The highest BCUT2D eigenvalue weighted by Crippen LogP contribution is 2.39. The summed E-state index contributed by atoms with van der Waals surface area (Å²) in [5, 5.41) is 13.5. The first-order valence-corrected chi connectivity index (χ1v) is 17.0. The molecule has 5 rings (SSSR count). The van der Waals surface area contributed by atoms with Crippen LogP contribution in [0.2, 0.25) is 0 Å². The van der Waals surface area contributed by atoms with Crippen molar-refractivity contribution in [2.75, 3.05) is 43.2 Å². The molecule has 0 fully saturated rings. The lowest BCUT2D eigenvalue weighted by atomic mass is 9.90. The maximum atomic E-state index is 12.7. The van der Waals surface area contributed by atoms with Crippen molar-refractivity contribution in [2.45, 2.75) is 38.0 Å². The maximum Gasteiger partial charge on any atom is 0.413 e. The van der Waals surface area contributed by atoms with Crippen LogP contribution in [0.15, 0.2) is 77.8 Å². The summed E-state index contributed by atoms with van der Waals surface area (Å²) in [6.45, 7) is 2.87. The molecule has 2 unspecified atom stereocenters. The fourth-order valence-corrected chi connectivity index (χ4v) is 7.16. The highest BCUT2D eigenvalue weighted by Gasteiger charge is 2.36. The van der Waals surface area contributed by atoms with Gasteiger partial charge in [-0.2, -0.15) is 0 Å². The zero-order valence-electron chi connectivity index (χ0n) is 24.4. The van der Waals surface area contributed by atoms with Crippen LogP contribution >= 0.6 is 21.6 Å². The van der Waals surface area contributed by atoms with E-state index in [0.29, 0.717) is 24.0 Å². The first-order chi connectivity index (χ1) is 20.9. The third kappa shape index (κ3) is 7.57.